The van der Waals surface area contributed by atoms with Gasteiger partial charge in [0.05, 0.1) is 20.3 Å². The van der Waals surface area contributed by atoms with Crippen LogP contribution in [0.4, 0.5) is 0 Å². The van der Waals surface area contributed by atoms with Gasteiger partial charge in [-0.15, -0.1) is 0 Å². The fraction of sp³-hybridized carbons (Fsp3) is 0.562. The van der Waals surface area contributed by atoms with E-state index in [2.05, 4.69) is 22.8 Å². The van der Waals surface area contributed by atoms with Crippen molar-refractivity contribution in [1.82, 2.24) is 10.6 Å². The number of carbonyl (C=O) groups excluding carboxylic acids is 1. The molecule has 1 aromatic carbocycles. The lowest BCUT2D eigenvalue weighted by Crippen LogP contribution is -2.37. The Morgan fingerprint density at radius 1 is 1.38 bits per heavy atom. The van der Waals surface area contributed by atoms with Crippen LogP contribution in [-0.4, -0.2) is 39.8 Å². The highest BCUT2D eigenvalue weighted by molar-refractivity contribution is 5.78. The second-order valence-corrected chi connectivity index (χ2v) is 5.23. The molecule has 1 aliphatic rings. The summed E-state index contributed by atoms with van der Waals surface area (Å²) in [5.41, 5.74) is 2.60. The molecule has 1 aliphatic carbocycles. The third-order valence-corrected chi connectivity index (χ3v) is 3.80. The molecule has 1 amide bonds. The molecule has 1 atom stereocenters. The number of methoxy groups -OCH3 is 2. The Morgan fingerprint density at radius 2 is 2.24 bits per heavy atom. The van der Waals surface area contributed by atoms with Crippen molar-refractivity contribution in [3.05, 3.63) is 29.3 Å². The first kappa shape index (κ1) is 15.8. The van der Waals surface area contributed by atoms with Gasteiger partial charge in [0, 0.05) is 19.7 Å². The molecule has 5 nitrogen and oxygen atoms in total. The highest BCUT2D eigenvalue weighted by atomic mass is 16.5. The number of fused-ring (bicyclic) bond motifs is 1. The van der Waals surface area contributed by atoms with Gasteiger partial charge >= 0.3 is 0 Å². The minimum absolute atomic E-state index is 0.00712. The van der Waals surface area contributed by atoms with Crippen molar-refractivity contribution >= 4 is 5.91 Å². The van der Waals surface area contributed by atoms with Gasteiger partial charge in [-0.1, -0.05) is 6.07 Å². The minimum Gasteiger partial charge on any atom is -0.497 e. The van der Waals surface area contributed by atoms with Crippen molar-refractivity contribution in [1.29, 1.82) is 0 Å². The van der Waals surface area contributed by atoms with Crippen molar-refractivity contribution in [3.8, 4) is 5.75 Å². The van der Waals surface area contributed by atoms with Gasteiger partial charge in [0.15, 0.2) is 0 Å². The first-order valence-electron chi connectivity index (χ1n) is 7.40. The van der Waals surface area contributed by atoms with Crippen LogP contribution >= 0.6 is 0 Å². The standard InChI is InChI=1S/C16H24N2O3/c1-20-9-8-17-16(19)11-18-15-5-3-4-12-10-13(21-2)6-7-14(12)15/h6-7,10,15,18H,3-5,8-9,11H2,1-2H3,(H,17,19). The van der Waals surface area contributed by atoms with Gasteiger partial charge in [0.2, 0.25) is 5.91 Å². The van der Waals surface area contributed by atoms with Gasteiger partial charge in [-0.2, -0.15) is 0 Å². The van der Waals surface area contributed by atoms with Crippen LogP contribution < -0.4 is 15.4 Å². The van der Waals surface area contributed by atoms with Crippen LogP contribution in [-0.2, 0) is 16.0 Å². The largest absolute Gasteiger partial charge is 0.497 e. The van der Waals surface area contributed by atoms with E-state index < -0.39 is 0 Å². The Hall–Kier alpha value is -1.59. The molecular formula is C16H24N2O3. The van der Waals surface area contributed by atoms with Crippen molar-refractivity contribution in [2.75, 3.05) is 33.9 Å². The molecule has 0 fully saturated rings. The second-order valence-electron chi connectivity index (χ2n) is 5.23. The Morgan fingerprint density at radius 3 is 3.00 bits per heavy atom. The Balaban J connectivity index is 1.89. The third-order valence-electron chi connectivity index (χ3n) is 3.80. The van der Waals surface area contributed by atoms with E-state index in [0.717, 1.165) is 25.0 Å². The van der Waals surface area contributed by atoms with E-state index in [0.29, 0.717) is 19.7 Å². The fourth-order valence-electron chi connectivity index (χ4n) is 2.70. The summed E-state index contributed by atoms with van der Waals surface area (Å²) in [5.74, 6) is 0.902. The van der Waals surface area contributed by atoms with Crippen LogP contribution in [0.5, 0.6) is 5.75 Å². The summed E-state index contributed by atoms with van der Waals surface area (Å²) >= 11 is 0. The molecule has 0 saturated carbocycles. The summed E-state index contributed by atoms with van der Waals surface area (Å²) < 4.78 is 10.2. The first-order chi connectivity index (χ1) is 10.2. The molecule has 0 heterocycles. The summed E-state index contributed by atoms with van der Waals surface area (Å²) in [5, 5.41) is 6.17. The minimum atomic E-state index is 0.00712. The van der Waals surface area contributed by atoms with Crippen LogP contribution in [0, 0.1) is 0 Å². The summed E-state index contributed by atoms with van der Waals surface area (Å²) in [6.07, 6.45) is 3.26. The Bertz CT molecular complexity index is 477. The van der Waals surface area contributed by atoms with Gasteiger partial charge < -0.3 is 20.1 Å². The van der Waals surface area contributed by atoms with Crippen LogP contribution in [0.25, 0.3) is 0 Å². The van der Waals surface area contributed by atoms with Crippen molar-refractivity contribution < 1.29 is 14.3 Å². The highest BCUT2D eigenvalue weighted by Gasteiger charge is 2.20. The van der Waals surface area contributed by atoms with E-state index in [-0.39, 0.29) is 11.9 Å². The van der Waals surface area contributed by atoms with Crippen molar-refractivity contribution in [3.63, 3.8) is 0 Å². The molecule has 0 saturated heterocycles. The number of carbonyl (C=O) groups is 1. The second kappa shape index (κ2) is 8.00. The van der Waals surface area contributed by atoms with Crippen molar-refractivity contribution in [2.45, 2.75) is 25.3 Å². The average molecular weight is 292 g/mol. The topological polar surface area (TPSA) is 59.6 Å². The molecule has 2 rings (SSSR count). The molecule has 5 heteroatoms. The number of amides is 1. The van der Waals surface area contributed by atoms with Crippen molar-refractivity contribution in [2.24, 2.45) is 0 Å². The van der Waals surface area contributed by atoms with E-state index in [1.165, 1.54) is 11.1 Å². The number of benzene rings is 1. The third kappa shape index (κ3) is 4.44. The molecule has 0 aromatic heterocycles. The van der Waals surface area contributed by atoms with Gasteiger partial charge in [-0.25, -0.2) is 0 Å². The maximum atomic E-state index is 11.7. The monoisotopic (exact) mass is 292 g/mol. The average Bonchev–Trinajstić information content (AvgIpc) is 2.52. The predicted octanol–water partition coefficient (Wildman–Crippen LogP) is 1.42. The predicted molar refractivity (Wildman–Crippen MR) is 81.6 cm³/mol. The number of aryl methyl sites for hydroxylation is 1. The lowest BCUT2D eigenvalue weighted by Gasteiger charge is -2.26. The zero-order valence-electron chi connectivity index (χ0n) is 12.8. The van der Waals surface area contributed by atoms with Crippen LogP contribution in [0.3, 0.4) is 0 Å². The SMILES string of the molecule is COCCNC(=O)CNC1CCCc2cc(OC)ccc21. The summed E-state index contributed by atoms with van der Waals surface area (Å²) in [6, 6.07) is 6.43. The van der Waals surface area contributed by atoms with Crippen LogP contribution in [0.1, 0.15) is 30.0 Å². The van der Waals surface area contributed by atoms with Gasteiger partial charge in [0.25, 0.3) is 0 Å². The Kier molecular flexibility index (Phi) is 6.02. The molecule has 116 valence electrons. The molecule has 0 bridgehead atoms. The zero-order chi connectivity index (χ0) is 15.1. The van der Waals surface area contributed by atoms with E-state index in [1.54, 1.807) is 14.2 Å². The molecule has 0 aliphatic heterocycles. The number of rotatable bonds is 7. The molecular weight excluding hydrogens is 268 g/mol. The summed E-state index contributed by atoms with van der Waals surface area (Å²) in [7, 11) is 3.31. The lowest BCUT2D eigenvalue weighted by atomic mass is 9.87. The molecule has 0 spiro atoms. The smallest absolute Gasteiger partial charge is 0.234 e. The number of nitrogens with one attached hydrogen (secondary N) is 2. The van der Waals surface area contributed by atoms with E-state index in [9.17, 15) is 4.79 Å². The Labute approximate surface area is 126 Å². The maximum absolute atomic E-state index is 11.7. The zero-order valence-corrected chi connectivity index (χ0v) is 12.8. The van der Waals surface area contributed by atoms with Crippen LogP contribution in [0.15, 0.2) is 18.2 Å². The highest BCUT2D eigenvalue weighted by Crippen LogP contribution is 2.31. The van der Waals surface area contributed by atoms with Gasteiger partial charge in [0.1, 0.15) is 5.75 Å². The lowest BCUT2D eigenvalue weighted by molar-refractivity contribution is -0.120. The molecule has 21 heavy (non-hydrogen) atoms. The summed E-state index contributed by atoms with van der Waals surface area (Å²) in [6.45, 7) is 1.42. The van der Waals surface area contributed by atoms with Crippen LogP contribution in [0.2, 0.25) is 0 Å². The first-order valence-corrected chi connectivity index (χ1v) is 7.40. The van der Waals surface area contributed by atoms with E-state index in [4.69, 9.17) is 9.47 Å². The molecule has 1 aromatic rings. The van der Waals surface area contributed by atoms with Gasteiger partial charge in [-0.3, -0.25) is 4.79 Å². The van der Waals surface area contributed by atoms with E-state index >= 15 is 0 Å². The number of ether oxygens (including phenoxy) is 2. The molecule has 2 N–H and O–H groups in total. The normalized spacial score (nSPS) is 17.1. The molecule has 0 radical (unpaired) electrons. The quantitative estimate of drug-likeness (QED) is 0.746. The number of hydrogen-bond donors (Lipinski definition) is 2. The van der Waals surface area contributed by atoms with Gasteiger partial charge in [-0.05, 0) is 42.5 Å². The fourth-order valence-corrected chi connectivity index (χ4v) is 2.70. The molecule has 1 unspecified atom stereocenters. The number of hydrogen-bond acceptors (Lipinski definition) is 4. The summed E-state index contributed by atoms with van der Waals surface area (Å²) in [4.78, 5) is 11.7. The maximum Gasteiger partial charge on any atom is 0.234 e. The van der Waals surface area contributed by atoms with E-state index in [1.807, 2.05) is 6.07 Å².